The lowest BCUT2D eigenvalue weighted by molar-refractivity contribution is -0.119. The third-order valence-electron chi connectivity index (χ3n) is 7.61. The standard InChI is InChI=1S/C31H36N2O/c1-2-20-32-21-8-19-31(23-32)22-28-11-6-7-12-29(28)33(24-31)30(34)18-15-25-13-16-27(17-14-25)26-9-4-3-5-10-26/h3-7,9-14,16-17H,2,8,15,18-24H2,1H3. The molecule has 0 aliphatic carbocycles. The fourth-order valence-corrected chi connectivity index (χ4v) is 6.00. The van der Waals surface area contributed by atoms with Crippen LogP contribution in [-0.4, -0.2) is 37.0 Å². The van der Waals surface area contributed by atoms with Gasteiger partial charge in [0, 0.05) is 30.6 Å². The Morgan fingerprint density at radius 1 is 0.882 bits per heavy atom. The first kappa shape index (κ1) is 22.9. The summed E-state index contributed by atoms with van der Waals surface area (Å²) in [5, 5.41) is 0. The quantitative estimate of drug-likeness (QED) is 0.434. The zero-order valence-corrected chi connectivity index (χ0v) is 20.4. The molecular weight excluding hydrogens is 416 g/mol. The smallest absolute Gasteiger partial charge is 0.227 e. The van der Waals surface area contributed by atoms with E-state index in [2.05, 4.69) is 89.5 Å². The first-order valence-corrected chi connectivity index (χ1v) is 12.9. The van der Waals surface area contributed by atoms with Crippen molar-refractivity contribution in [2.45, 2.75) is 45.4 Å². The van der Waals surface area contributed by atoms with E-state index >= 15 is 0 Å². The molecule has 0 N–H and O–H groups in total. The number of nitrogens with zero attached hydrogens (tertiary/aromatic N) is 2. The van der Waals surface area contributed by atoms with Gasteiger partial charge in [-0.1, -0.05) is 79.7 Å². The van der Waals surface area contributed by atoms with E-state index in [-0.39, 0.29) is 11.3 Å². The maximum atomic E-state index is 13.6. The number of para-hydroxylation sites is 1. The van der Waals surface area contributed by atoms with Crippen LogP contribution in [0.3, 0.4) is 0 Å². The van der Waals surface area contributed by atoms with Gasteiger partial charge in [-0.2, -0.15) is 0 Å². The normalized spacial score (nSPS) is 20.3. The number of fused-ring (bicyclic) bond motifs is 1. The molecule has 1 spiro atoms. The van der Waals surface area contributed by atoms with Crippen molar-refractivity contribution in [3.05, 3.63) is 90.0 Å². The molecule has 3 aromatic carbocycles. The third-order valence-corrected chi connectivity index (χ3v) is 7.61. The summed E-state index contributed by atoms with van der Waals surface area (Å²) in [6.07, 6.45) is 6.06. The molecular formula is C31H36N2O. The van der Waals surface area contributed by atoms with Crippen molar-refractivity contribution >= 4 is 11.6 Å². The number of aryl methyl sites for hydroxylation is 1. The van der Waals surface area contributed by atoms with Crippen LogP contribution in [0, 0.1) is 5.41 Å². The summed E-state index contributed by atoms with van der Waals surface area (Å²) >= 11 is 0. The predicted octanol–water partition coefficient (Wildman–Crippen LogP) is 6.37. The predicted molar refractivity (Wildman–Crippen MR) is 141 cm³/mol. The number of piperidine rings is 1. The molecule has 1 unspecified atom stereocenters. The summed E-state index contributed by atoms with van der Waals surface area (Å²) < 4.78 is 0. The van der Waals surface area contributed by atoms with E-state index in [4.69, 9.17) is 0 Å². The number of benzene rings is 3. The minimum atomic E-state index is 0.189. The third kappa shape index (κ3) is 4.95. The Morgan fingerprint density at radius 3 is 2.41 bits per heavy atom. The Kier molecular flexibility index (Phi) is 6.82. The Balaban J connectivity index is 1.29. The minimum absolute atomic E-state index is 0.189. The summed E-state index contributed by atoms with van der Waals surface area (Å²) in [5.74, 6) is 0.256. The zero-order chi connectivity index (χ0) is 23.4. The van der Waals surface area contributed by atoms with Crippen LogP contribution in [0.25, 0.3) is 11.1 Å². The average Bonchev–Trinajstić information content (AvgIpc) is 2.88. The minimum Gasteiger partial charge on any atom is -0.312 e. The summed E-state index contributed by atoms with van der Waals surface area (Å²) in [4.78, 5) is 18.3. The largest absolute Gasteiger partial charge is 0.312 e. The molecule has 0 bridgehead atoms. The topological polar surface area (TPSA) is 23.6 Å². The highest BCUT2D eigenvalue weighted by Crippen LogP contribution is 2.42. The van der Waals surface area contributed by atoms with Crippen molar-refractivity contribution in [2.75, 3.05) is 31.1 Å². The Bertz CT molecular complexity index is 1110. The summed E-state index contributed by atoms with van der Waals surface area (Å²) in [5.41, 5.74) is 6.33. The number of rotatable bonds is 6. The van der Waals surface area contributed by atoms with Gasteiger partial charge in [0.2, 0.25) is 5.91 Å². The lowest BCUT2D eigenvalue weighted by Gasteiger charge is -2.49. The van der Waals surface area contributed by atoms with Gasteiger partial charge in [0.15, 0.2) is 0 Å². The molecule has 2 aliphatic rings. The lowest BCUT2D eigenvalue weighted by atomic mass is 9.72. The Hall–Kier alpha value is -2.91. The highest BCUT2D eigenvalue weighted by atomic mass is 16.2. The molecule has 3 heteroatoms. The second-order valence-electron chi connectivity index (χ2n) is 10.2. The van der Waals surface area contributed by atoms with Gasteiger partial charge in [-0.05, 0) is 73.5 Å². The van der Waals surface area contributed by atoms with Crippen molar-refractivity contribution in [1.82, 2.24) is 4.90 Å². The van der Waals surface area contributed by atoms with Crippen molar-refractivity contribution < 1.29 is 4.79 Å². The molecule has 1 fully saturated rings. The number of amides is 1. The van der Waals surface area contributed by atoms with Crippen LogP contribution in [0.1, 0.15) is 43.7 Å². The average molecular weight is 453 g/mol. The van der Waals surface area contributed by atoms with Gasteiger partial charge in [-0.25, -0.2) is 0 Å². The van der Waals surface area contributed by atoms with E-state index in [0.717, 1.165) is 38.2 Å². The fourth-order valence-electron chi connectivity index (χ4n) is 6.00. The zero-order valence-electron chi connectivity index (χ0n) is 20.4. The number of anilines is 1. The van der Waals surface area contributed by atoms with E-state index in [1.807, 2.05) is 6.07 Å². The maximum Gasteiger partial charge on any atom is 0.227 e. The van der Waals surface area contributed by atoms with Crippen molar-refractivity contribution in [1.29, 1.82) is 0 Å². The molecule has 1 saturated heterocycles. The molecule has 2 heterocycles. The molecule has 0 radical (unpaired) electrons. The first-order valence-electron chi connectivity index (χ1n) is 12.9. The van der Waals surface area contributed by atoms with Crippen molar-refractivity contribution in [3.8, 4) is 11.1 Å². The molecule has 34 heavy (non-hydrogen) atoms. The highest BCUT2D eigenvalue weighted by Gasteiger charge is 2.42. The monoisotopic (exact) mass is 452 g/mol. The maximum absolute atomic E-state index is 13.6. The van der Waals surface area contributed by atoms with Gasteiger partial charge in [-0.15, -0.1) is 0 Å². The van der Waals surface area contributed by atoms with E-state index in [9.17, 15) is 4.79 Å². The molecule has 176 valence electrons. The van der Waals surface area contributed by atoms with E-state index in [0.29, 0.717) is 6.42 Å². The summed E-state index contributed by atoms with van der Waals surface area (Å²) in [6, 6.07) is 27.7. The SMILES string of the molecule is CCCN1CCCC2(Cc3ccccc3N(C(=O)CCc3ccc(-c4ccccc4)cc3)C2)C1. The van der Waals surface area contributed by atoms with E-state index in [1.54, 1.807) is 0 Å². The molecule has 3 nitrogen and oxygen atoms in total. The van der Waals surface area contributed by atoms with E-state index < -0.39 is 0 Å². The van der Waals surface area contributed by atoms with Crippen LogP contribution in [0.2, 0.25) is 0 Å². The molecule has 1 atom stereocenters. The second-order valence-corrected chi connectivity index (χ2v) is 10.2. The van der Waals surface area contributed by atoms with Gasteiger partial charge in [0.25, 0.3) is 0 Å². The molecule has 1 amide bonds. The summed E-state index contributed by atoms with van der Waals surface area (Å²) in [7, 11) is 0. The molecule has 3 aromatic rings. The summed E-state index contributed by atoms with van der Waals surface area (Å²) in [6.45, 7) is 6.59. The van der Waals surface area contributed by atoms with Gasteiger partial charge >= 0.3 is 0 Å². The van der Waals surface area contributed by atoms with Crippen molar-refractivity contribution in [2.24, 2.45) is 5.41 Å². The van der Waals surface area contributed by atoms with Gasteiger partial charge in [0.05, 0.1) is 0 Å². The highest BCUT2D eigenvalue weighted by molar-refractivity contribution is 5.95. The van der Waals surface area contributed by atoms with Gasteiger partial charge in [0.1, 0.15) is 0 Å². The van der Waals surface area contributed by atoms with Crippen LogP contribution in [0.15, 0.2) is 78.9 Å². The fraction of sp³-hybridized carbons (Fsp3) is 0.387. The Morgan fingerprint density at radius 2 is 1.62 bits per heavy atom. The molecule has 2 aliphatic heterocycles. The molecule has 0 aromatic heterocycles. The van der Waals surface area contributed by atoms with Crippen LogP contribution >= 0.6 is 0 Å². The number of hydrogen-bond acceptors (Lipinski definition) is 2. The second kappa shape index (κ2) is 10.1. The Labute approximate surface area is 204 Å². The van der Waals surface area contributed by atoms with Crippen LogP contribution in [0.4, 0.5) is 5.69 Å². The van der Waals surface area contributed by atoms with Crippen LogP contribution in [0.5, 0.6) is 0 Å². The number of hydrogen-bond donors (Lipinski definition) is 0. The van der Waals surface area contributed by atoms with Crippen molar-refractivity contribution in [3.63, 3.8) is 0 Å². The van der Waals surface area contributed by atoms with E-state index in [1.165, 1.54) is 48.1 Å². The first-order chi connectivity index (χ1) is 16.7. The number of carbonyl (C=O) groups excluding carboxylic acids is 1. The molecule has 5 rings (SSSR count). The molecule has 0 saturated carbocycles. The van der Waals surface area contributed by atoms with Gasteiger partial charge in [-0.3, -0.25) is 4.79 Å². The van der Waals surface area contributed by atoms with Gasteiger partial charge < -0.3 is 9.80 Å². The number of carbonyl (C=O) groups is 1. The number of likely N-dealkylation sites (tertiary alicyclic amines) is 1. The van der Waals surface area contributed by atoms with Crippen LogP contribution in [-0.2, 0) is 17.6 Å². The lowest BCUT2D eigenvalue weighted by Crippen LogP contribution is -2.54. The van der Waals surface area contributed by atoms with Crippen LogP contribution < -0.4 is 4.90 Å².